The number of sulfonamides is 1. The SMILES string of the molecule is CS(=O)(=O)N1CSCC1C(=O)NCCc1csc(-c2ccccc2)n1. The van der Waals surface area contributed by atoms with Gasteiger partial charge in [-0.3, -0.25) is 4.79 Å². The summed E-state index contributed by atoms with van der Waals surface area (Å²) >= 11 is 3.03. The molecule has 1 aliphatic rings. The fraction of sp³-hybridized carbons (Fsp3) is 0.375. The first kappa shape index (κ1) is 18.4. The van der Waals surface area contributed by atoms with E-state index in [1.54, 1.807) is 11.3 Å². The predicted octanol–water partition coefficient (Wildman–Crippen LogP) is 1.80. The first-order chi connectivity index (χ1) is 11.9. The number of thioether (sulfide) groups is 1. The van der Waals surface area contributed by atoms with Gasteiger partial charge in [0.25, 0.3) is 0 Å². The summed E-state index contributed by atoms with van der Waals surface area (Å²) in [6.45, 7) is 0.440. The molecule has 1 unspecified atom stereocenters. The third kappa shape index (κ3) is 4.60. The molecule has 6 nitrogen and oxygen atoms in total. The zero-order valence-corrected chi connectivity index (χ0v) is 16.2. The lowest BCUT2D eigenvalue weighted by molar-refractivity contribution is -0.123. The Bertz CT molecular complexity index is 837. The Labute approximate surface area is 155 Å². The molecule has 25 heavy (non-hydrogen) atoms. The van der Waals surface area contributed by atoms with E-state index in [-0.39, 0.29) is 5.91 Å². The van der Waals surface area contributed by atoms with E-state index in [9.17, 15) is 13.2 Å². The minimum absolute atomic E-state index is 0.242. The summed E-state index contributed by atoms with van der Waals surface area (Å²) in [5.74, 6) is 0.589. The van der Waals surface area contributed by atoms with Gasteiger partial charge >= 0.3 is 0 Å². The highest BCUT2D eigenvalue weighted by Gasteiger charge is 2.36. The molecule has 1 atom stereocenters. The first-order valence-electron chi connectivity index (χ1n) is 7.77. The summed E-state index contributed by atoms with van der Waals surface area (Å²) in [7, 11) is -3.36. The van der Waals surface area contributed by atoms with Crippen LogP contribution in [0.1, 0.15) is 5.69 Å². The van der Waals surface area contributed by atoms with Crippen molar-refractivity contribution in [2.45, 2.75) is 12.5 Å². The Balaban J connectivity index is 1.53. The molecule has 9 heteroatoms. The molecule has 0 bridgehead atoms. The average molecular weight is 398 g/mol. The van der Waals surface area contributed by atoms with Gasteiger partial charge in [0.15, 0.2) is 0 Å². The van der Waals surface area contributed by atoms with Crippen LogP contribution in [0.2, 0.25) is 0 Å². The summed E-state index contributed by atoms with van der Waals surface area (Å²) in [4.78, 5) is 16.9. The van der Waals surface area contributed by atoms with Gasteiger partial charge in [0.2, 0.25) is 15.9 Å². The Morgan fingerprint density at radius 1 is 1.36 bits per heavy atom. The lowest BCUT2D eigenvalue weighted by Crippen LogP contribution is -2.47. The van der Waals surface area contributed by atoms with Crippen LogP contribution in [-0.2, 0) is 21.2 Å². The van der Waals surface area contributed by atoms with Crippen molar-refractivity contribution in [2.24, 2.45) is 0 Å². The standard InChI is InChI=1S/C16H19N3O3S3/c1-25(21,22)19-11-23-10-14(19)15(20)17-8-7-13-9-24-16(18-13)12-5-3-2-4-6-12/h2-6,9,14H,7-8,10-11H2,1H3,(H,17,20). The largest absolute Gasteiger partial charge is 0.354 e. The zero-order valence-electron chi connectivity index (χ0n) is 13.7. The van der Waals surface area contributed by atoms with Gasteiger partial charge in [-0.05, 0) is 0 Å². The molecule has 134 valence electrons. The number of hydrogen-bond acceptors (Lipinski definition) is 6. The van der Waals surface area contributed by atoms with Crippen molar-refractivity contribution < 1.29 is 13.2 Å². The number of hydrogen-bond donors (Lipinski definition) is 1. The normalized spacial score (nSPS) is 18.4. The third-order valence-corrected chi connectivity index (χ3v) is 7.17. The van der Waals surface area contributed by atoms with E-state index in [1.807, 2.05) is 35.7 Å². The van der Waals surface area contributed by atoms with Crippen LogP contribution in [0.15, 0.2) is 35.7 Å². The molecule has 1 fully saturated rings. The number of rotatable bonds is 6. The molecule has 0 radical (unpaired) electrons. The van der Waals surface area contributed by atoms with Gasteiger partial charge in [0.05, 0.1) is 17.8 Å². The molecule has 0 spiro atoms. The molecule has 0 aliphatic carbocycles. The quantitative estimate of drug-likeness (QED) is 0.804. The highest BCUT2D eigenvalue weighted by atomic mass is 32.2. The van der Waals surface area contributed by atoms with E-state index in [2.05, 4.69) is 10.3 Å². The molecule has 3 rings (SSSR count). The Hall–Kier alpha value is -1.42. The van der Waals surface area contributed by atoms with Crippen LogP contribution in [0.3, 0.4) is 0 Å². The van der Waals surface area contributed by atoms with Crippen molar-refractivity contribution in [3.05, 3.63) is 41.4 Å². The predicted molar refractivity (Wildman–Crippen MR) is 102 cm³/mol. The second-order valence-electron chi connectivity index (χ2n) is 5.72. The van der Waals surface area contributed by atoms with Crippen molar-refractivity contribution in [1.82, 2.24) is 14.6 Å². The first-order valence-corrected chi connectivity index (χ1v) is 11.7. The lowest BCUT2D eigenvalue weighted by atomic mass is 10.2. The molecule has 1 N–H and O–H groups in total. The zero-order chi connectivity index (χ0) is 17.9. The second-order valence-corrected chi connectivity index (χ2v) is 9.51. The van der Waals surface area contributed by atoms with Crippen molar-refractivity contribution in [3.63, 3.8) is 0 Å². The van der Waals surface area contributed by atoms with Crippen molar-refractivity contribution in [2.75, 3.05) is 24.4 Å². The molecule has 0 saturated carbocycles. The summed E-state index contributed by atoms with van der Waals surface area (Å²) in [6.07, 6.45) is 1.76. The number of amides is 1. The molecule has 1 aromatic heterocycles. The van der Waals surface area contributed by atoms with Crippen LogP contribution >= 0.6 is 23.1 Å². The van der Waals surface area contributed by atoms with Gasteiger partial charge in [-0.1, -0.05) is 30.3 Å². The van der Waals surface area contributed by atoms with Gasteiger partial charge in [0.1, 0.15) is 11.0 Å². The Kier molecular flexibility index (Phi) is 5.78. The molecule has 1 aliphatic heterocycles. The van der Waals surface area contributed by atoms with E-state index in [1.165, 1.54) is 16.1 Å². The van der Waals surface area contributed by atoms with Crippen LogP contribution < -0.4 is 5.32 Å². The van der Waals surface area contributed by atoms with Crippen molar-refractivity contribution in [3.8, 4) is 10.6 Å². The number of nitrogens with zero attached hydrogens (tertiary/aromatic N) is 2. The maximum atomic E-state index is 12.3. The summed E-state index contributed by atoms with van der Waals surface area (Å²) in [6, 6.07) is 9.33. The topological polar surface area (TPSA) is 79.4 Å². The van der Waals surface area contributed by atoms with Gasteiger partial charge in [-0.25, -0.2) is 13.4 Å². The highest BCUT2D eigenvalue weighted by molar-refractivity contribution is 8.00. The van der Waals surface area contributed by atoms with E-state index < -0.39 is 16.1 Å². The maximum Gasteiger partial charge on any atom is 0.239 e. The van der Waals surface area contributed by atoms with Gasteiger partial charge in [0, 0.05) is 29.7 Å². The Morgan fingerprint density at radius 2 is 2.12 bits per heavy atom. The molecule has 2 heterocycles. The summed E-state index contributed by atoms with van der Waals surface area (Å²) in [5, 5.41) is 5.78. The number of benzene rings is 1. The average Bonchev–Trinajstić information content (AvgIpc) is 3.24. The number of thiazole rings is 1. The van der Waals surface area contributed by atoms with E-state index >= 15 is 0 Å². The van der Waals surface area contributed by atoms with Crippen LogP contribution in [0.25, 0.3) is 10.6 Å². The second kappa shape index (κ2) is 7.86. The minimum atomic E-state index is -3.36. The third-order valence-electron chi connectivity index (χ3n) is 3.82. The molecule has 1 amide bonds. The lowest BCUT2D eigenvalue weighted by Gasteiger charge is -2.20. The van der Waals surface area contributed by atoms with Crippen LogP contribution in [0.4, 0.5) is 0 Å². The van der Waals surface area contributed by atoms with E-state index in [0.717, 1.165) is 22.5 Å². The summed E-state index contributed by atoms with van der Waals surface area (Å²) < 4.78 is 24.7. The number of carbonyl (C=O) groups is 1. The number of nitrogens with one attached hydrogen (secondary N) is 1. The van der Waals surface area contributed by atoms with Crippen LogP contribution in [0, 0.1) is 0 Å². The van der Waals surface area contributed by atoms with E-state index in [0.29, 0.717) is 24.6 Å². The van der Waals surface area contributed by atoms with Crippen molar-refractivity contribution in [1.29, 1.82) is 0 Å². The number of aromatic nitrogens is 1. The molecular formula is C16H19N3O3S3. The maximum absolute atomic E-state index is 12.3. The fourth-order valence-corrected chi connectivity index (χ4v) is 6.12. The Morgan fingerprint density at radius 3 is 2.84 bits per heavy atom. The van der Waals surface area contributed by atoms with Gasteiger partial charge in [-0.15, -0.1) is 23.1 Å². The molecule has 1 aromatic carbocycles. The van der Waals surface area contributed by atoms with Crippen molar-refractivity contribution >= 4 is 39.0 Å². The minimum Gasteiger partial charge on any atom is -0.354 e. The van der Waals surface area contributed by atoms with E-state index in [4.69, 9.17) is 0 Å². The monoisotopic (exact) mass is 397 g/mol. The van der Waals surface area contributed by atoms with Gasteiger partial charge < -0.3 is 5.32 Å². The highest BCUT2D eigenvalue weighted by Crippen LogP contribution is 2.24. The molecule has 2 aromatic rings. The number of carbonyl (C=O) groups excluding carboxylic acids is 1. The van der Waals surface area contributed by atoms with Gasteiger partial charge in [-0.2, -0.15) is 4.31 Å². The van der Waals surface area contributed by atoms with Crippen LogP contribution in [-0.4, -0.2) is 54.1 Å². The fourth-order valence-electron chi connectivity index (χ4n) is 2.53. The van der Waals surface area contributed by atoms with Crippen LogP contribution in [0.5, 0.6) is 0 Å². The summed E-state index contributed by atoms with van der Waals surface area (Å²) in [5.41, 5.74) is 2.00. The smallest absolute Gasteiger partial charge is 0.239 e. The molecular weight excluding hydrogens is 378 g/mol. The molecule has 1 saturated heterocycles.